The zero-order valence-corrected chi connectivity index (χ0v) is 11.3. The van der Waals surface area contributed by atoms with Crippen molar-refractivity contribution >= 4 is 27.8 Å². The van der Waals surface area contributed by atoms with Crippen molar-refractivity contribution < 1.29 is 14.3 Å². The average molecular weight is 292 g/mol. The molecule has 0 atom stereocenters. The van der Waals surface area contributed by atoms with Crippen LogP contribution in [-0.4, -0.2) is 22.7 Å². The summed E-state index contributed by atoms with van der Waals surface area (Å²) in [4.78, 5) is 22.3. The molecule has 0 aliphatic heterocycles. The van der Waals surface area contributed by atoms with Crippen molar-refractivity contribution in [3.05, 3.63) is 12.8 Å². The van der Waals surface area contributed by atoms with E-state index in [1.54, 1.807) is 13.8 Å². The highest BCUT2D eigenvalue weighted by Gasteiger charge is 2.22. The molecule has 0 fully saturated rings. The van der Waals surface area contributed by atoms with Crippen LogP contribution in [0.5, 0.6) is 0 Å². The van der Waals surface area contributed by atoms with E-state index in [1.807, 2.05) is 0 Å². The number of rotatable bonds is 7. The summed E-state index contributed by atoms with van der Waals surface area (Å²) in [6.07, 6.45) is 2.91. The summed E-state index contributed by atoms with van der Waals surface area (Å²) in [5, 5.41) is 2.77. The molecule has 1 N–H and O–H groups in total. The number of amides is 1. The summed E-state index contributed by atoms with van der Waals surface area (Å²) in [5.41, 5.74) is 0. The van der Waals surface area contributed by atoms with E-state index in [0.29, 0.717) is 19.4 Å². The molecule has 0 spiro atoms. The summed E-state index contributed by atoms with van der Waals surface area (Å²) in [6.45, 7) is 7.42. The second-order valence-corrected chi connectivity index (χ2v) is 5.82. The summed E-state index contributed by atoms with van der Waals surface area (Å²) < 4.78 is 4.01. The number of alkyl halides is 1. The fraction of sp³-hybridized carbons (Fsp3) is 0.636. The van der Waals surface area contributed by atoms with Crippen LogP contribution in [0, 0.1) is 0 Å². The SMILES string of the molecule is C=COC(=O)CCCCNC(=O)C(C)(C)Br. The predicted molar refractivity (Wildman–Crippen MR) is 66.2 cm³/mol. The highest BCUT2D eigenvalue weighted by Crippen LogP contribution is 2.15. The Kier molecular flexibility index (Phi) is 7.05. The summed E-state index contributed by atoms with van der Waals surface area (Å²) >= 11 is 3.26. The molecule has 0 radical (unpaired) electrons. The van der Waals surface area contributed by atoms with Crippen LogP contribution in [0.25, 0.3) is 0 Å². The molecule has 5 heteroatoms. The number of ether oxygens (including phenoxy) is 1. The van der Waals surface area contributed by atoms with Gasteiger partial charge in [-0.3, -0.25) is 9.59 Å². The summed E-state index contributed by atoms with van der Waals surface area (Å²) in [5.74, 6) is -0.344. The molecular formula is C11H18BrNO3. The lowest BCUT2D eigenvalue weighted by molar-refractivity contribution is -0.138. The summed E-state index contributed by atoms with van der Waals surface area (Å²) in [7, 11) is 0. The second-order valence-electron chi connectivity index (χ2n) is 3.84. The number of halogens is 1. The highest BCUT2D eigenvalue weighted by molar-refractivity contribution is 9.10. The maximum absolute atomic E-state index is 11.4. The molecule has 0 saturated heterocycles. The van der Waals surface area contributed by atoms with E-state index in [9.17, 15) is 9.59 Å². The highest BCUT2D eigenvalue weighted by atomic mass is 79.9. The first-order valence-electron chi connectivity index (χ1n) is 5.15. The van der Waals surface area contributed by atoms with E-state index >= 15 is 0 Å². The van der Waals surface area contributed by atoms with Gasteiger partial charge in [-0.1, -0.05) is 22.5 Å². The van der Waals surface area contributed by atoms with Gasteiger partial charge in [0.1, 0.15) is 0 Å². The monoisotopic (exact) mass is 291 g/mol. The molecule has 0 bridgehead atoms. The Morgan fingerprint density at radius 3 is 2.56 bits per heavy atom. The normalized spacial score (nSPS) is 10.7. The van der Waals surface area contributed by atoms with Crippen molar-refractivity contribution in [3.63, 3.8) is 0 Å². The van der Waals surface area contributed by atoms with Crippen molar-refractivity contribution in [1.29, 1.82) is 0 Å². The molecule has 0 heterocycles. The number of hydrogen-bond donors (Lipinski definition) is 1. The zero-order valence-electron chi connectivity index (χ0n) is 9.72. The van der Waals surface area contributed by atoms with Crippen LogP contribution in [0.4, 0.5) is 0 Å². The minimum Gasteiger partial charge on any atom is -0.435 e. The molecule has 0 aliphatic rings. The van der Waals surface area contributed by atoms with Crippen LogP contribution in [0.3, 0.4) is 0 Å². The fourth-order valence-electron chi connectivity index (χ4n) is 0.958. The molecular weight excluding hydrogens is 274 g/mol. The molecule has 0 saturated carbocycles. The second kappa shape index (κ2) is 7.44. The summed E-state index contributed by atoms with van der Waals surface area (Å²) in [6, 6.07) is 0. The number of nitrogens with one attached hydrogen (secondary N) is 1. The number of esters is 1. The quantitative estimate of drug-likeness (QED) is 0.338. The van der Waals surface area contributed by atoms with Gasteiger partial charge in [-0.05, 0) is 26.7 Å². The van der Waals surface area contributed by atoms with Crippen LogP contribution < -0.4 is 5.32 Å². The molecule has 0 unspecified atom stereocenters. The molecule has 0 aromatic rings. The fourth-order valence-corrected chi connectivity index (χ4v) is 1.10. The molecule has 0 aliphatic carbocycles. The molecule has 16 heavy (non-hydrogen) atoms. The molecule has 4 nitrogen and oxygen atoms in total. The van der Waals surface area contributed by atoms with Gasteiger partial charge in [-0.15, -0.1) is 0 Å². The van der Waals surface area contributed by atoms with Crippen molar-refractivity contribution in [3.8, 4) is 0 Å². The third kappa shape index (κ3) is 7.45. The van der Waals surface area contributed by atoms with Crippen molar-refractivity contribution in [2.75, 3.05) is 6.54 Å². The lowest BCUT2D eigenvalue weighted by Gasteiger charge is -2.15. The molecule has 0 aromatic carbocycles. The number of carbonyl (C=O) groups excluding carboxylic acids is 2. The van der Waals surface area contributed by atoms with Gasteiger partial charge in [-0.2, -0.15) is 0 Å². The lowest BCUT2D eigenvalue weighted by atomic mass is 10.2. The van der Waals surface area contributed by atoms with Gasteiger partial charge >= 0.3 is 5.97 Å². The van der Waals surface area contributed by atoms with Crippen LogP contribution in [0.1, 0.15) is 33.1 Å². The van der Waals surface area contributed by atoms with Gasteiger partial charge in [0.2, 0.25) is 5.91 Å². The first kappa shape index (κ1) is 15.2. The minimum absolute atomic E-state index is 0.0545. The predicted octanol–water partition coefficient (Wildman–Crippen LogP) is 2.13. The number of carbonyl (C=O) groups is 2. The van der Waals surface area contributed by atoms with E-state index in [-0.39, 0.29) is 11.9 Å². The Morgan fingerprint density at radius 1 is 1.44 bits per heavy atom. The Morgan fingerprint density at radius 2 is 2.06 bits per heavy atom. The van der Waals surface area contributed by atoms with E-state index in [4.69, 9.17) is 0 Å². The van der Waals surface area contributed by atoms with Gasteiger partial charge < -0.3 is 10.1 Å². The molecule has 92 valence electrons. The Bertz CT molecular complexity index is 258. The Labute approximate surface area is 105 Å². The number of unbranched alkanes of at least 4 members (excludes halogenated alkanes) is 1. The van der Waals surface area contributed by atoms with Gasteiger partial charge in [0.15, 0.2) is 0 Å². The van der Waals surface area contributed by atoms with Crippen LogP contribution in [-0.2, 0) is 14.3 Å². The van der Waals surface area contributed by atoms with Gasteiger partial charge in [-0.25, -0.2) is 0 Å². The molecule has 1 amide bonds. The first-order valence-corrected chi connectivity index (χ1v) is 5.95. The molecule has 0 aromatic heterocycles. The third-order valence-electron chi connectivity index (χ3n) is 1.85. The Hall–Kier alpha value is -0.840. The largest absolute Gasteiger partial charge is 0.435 e. The average Bonchev–Trinajstić information content (AvgIpc) is 2.16. The van der Waals surface area contributed by atoms with E-state index < -0.39 is 4.32 Å². The number of hydrogen-bond acceptors (Lipinski definition) is 3. The maximum atomic E-state index is 11.4. The van der Waals surface area contributed by atoms with E-state index in [2.05, 4.69) is 32.6 Å². The van der Waals surface area contributed by atoms with Gasteiger partial charge in [0.25, 0.3) is 0 Å². The van der Waals surface area contributed by atoms with Crippen molar-refractivity contribution in [2.24, 2.45) is 0 Å². The topological polar surface area (TPSA) is 55.4 Å². The Balaban J connectivity index is 3.51. The lowest BCUT2D eigenvalue weighted by Crippen LogP contribution is -2.37. The van der Waals surface area contributed by atoms with Gasteiger partial charge in [0.05, 0.1) is 10.6 Å². The minimum atomic E-state index is -0.547. The van der Waals surface area contributed by atoms with Crippen LogP contribution >= 0.6 is 15.9 Å². The zero-order chi connectivity index (χ0) is 12.6. The van der Waals surface area contributed by atoms with Crippen molar-refractivity contribution in [2.45, 2.75) is 37.4 Å². The van der Waals surface area contributed by atoms with Crippen LogP contribution in [0.15, 0.2) is 12.8 Å². The van der Waals surface area contributed by atoms with Crippen LogP contribution in [0.2, 0.25) is 0 Å². The third-order valence-corrected chi connectivity index (χ3v) is 2.21. The van der Waals surface area contributed by atoms with E-state index in [0.717, 1.165) is 12.7 Å². The first-order chi connectivity index (χ1) is 7.38. The smallest absolute Gasteiger partial charge is 0.310 e. The van der Waals surface area contributed by atoms with E-state index in [1.165, 1.54) is 0 Å². The van der Waals surface area contributed by atoms with Crippen molar-refractivity contribution in [1.82, 2.24) is 5.32 Å². The maximum Gasteiger partial charge on any atom is 0.310 e. The molecule has 0 rings (SSSR count). The standard InChI is InChI=1S/C11H18BrNO3/c1-4-16-9(14)7-5-6-8-13-10(15)11(2,3)12/h4H,1,5-8H2,2-3H3,(H,13,15). The van der Waals surface area contributed by atoms with Gasteiger partial charge in [0, 0.05) is 13.0 Å².